The molecule has 1 atom stereocenters. The maximum absolute atomic E-state index is 12.9. The predicted octanol–water partition coefficient (Wildman–Crippen LogP) is 5.02. The number of aliphatic imine (C=N–C) groups is 1. The summed E-state index contributed by atoms with van der Waals surface area (Å²) in [6.07, 6.45) is -1.95. The topological polar surface area (TPSA) is 56.7 Å². The molecular formula is C23H36F3IN4O. The number of guanidine groups is 1. The van der Waals surface area contributed by atoms with Crippen LogP contribution in [0.4, 0.5) is 13.2 Å². The number of carbonyl (C=O) groups is 1. The second-order valence-corrected chi connectivity index (χ2v) is 8.47. The van der Waals surface area contributed by atoms with Crippen molar-refractivity contribution in [3.63, 3.8) is 0 Å². The van der Waals surface area contributed by atoms with Crippen molar-refractivity contribution >= 4 is 35.8 Å². The Bertz CT molecular complexity index is 747. The largest absolute Gasteiger partial charge is 0.416 e. The van der Waals surface area contributed by atoms with Crippen molar-refractivity contribution < 1.29 is 18.0 Å². The Hall–Kier alpha value is -1.52. The van der Waals surface area contributed by atoms with Crippen molar-refractivity contribution in [2.75, 3.05) is 26.2 Å². The number of benzene rings is 1. The lowest BCUT2D eigenvalue weighted by Gasteiger charge is -2.34. The number of hydrogen-bond acceptors (Lipinski definition) is 2. The summed E-state index contributed by atoms with van der Waals surface area (Å²) >= 11 is 0. The molecule has 0 aromatic heterocycles. The molecule has 5 nitrogen and oxygen atoms in total. The van der Waals surface area contributed by atoms with Gasteiger partial charge in [-0.05, 0) is 43.7 Å². The number of halogens is 4. The molecule has 1 aromatic carbocycles. The van der Waals surface area contributed by atoms with E-state index in [2.05, 4.69) is 15.6 Å². The third kappa shape index (κ3) is 8.78. The van der Waals surface area contributed by atoms with E-state index in [-0.39, 0.29) is 47.8 Å². The molecule has 0 saturated carbocycles. The van der Waals surface area contributed by atoms with E-state index in [0.29, 0.717) is 24.5 Å². The lowest BCUT2D eigenvalue weighted by atomic mass is 9.96. The number of rotatable bonds is 7. The number of likely N-dealkylation sites (tertiary alicyclic amines) is 1. The van der Waals surface area contributed by atoms with Crippen LogP contribution in [-0.2, 0) is 11.0 Å². The van der Waals surface area contributed by atoms with Gasteiger partial charge >= 0.3 is 6.18 Å². The molecule has 32 heavy (non-hydrogen) atoms. The highest BCUT2D eigenvalue weighted by Crippen LogP contribution is 2.31. The molecule has 1 heterocycles. The van der Waals surface area contributed by atoms with E-state index in [1.165, 1.54) is 12.1 Å². The van der Waals surface area contributed by atoms with Gasteiger partial charge in [0, 0.05) is 38.1 Å². The minimum absolute atomic E-state index is 0. The first-order valence-electron chi connectivity index (χ1n) is 11.1. The average molecular weight is 568 g/mol. The average Bonchev–Trinajstić information content (AvgIpc) is 2.73. The fourth-order valence-corrected chi connectivity index (χ4v) is 3.68. The monoisotopic (exact) mass is 568 g/mol. The van der Waals surface area contributed by atoms with Crippen molar-refractivity contribution in [1.29, 1.82) is 0 Å². The predicted molar refractivity (Wildman–Crippen MR) is 133 cm³/mol. The summed E-state index contributed by atoms with van der Waals surface area (Å²) in [7, 11) is 0. The fourth-order valence-electron chi connectivity index (χ4n) is 3.68. The molecule has 1 unspecified atom stereocenters. The molecule has 9 heteroatoms. The van der Waals surface area contributed by atoms with Crippen LogP contribution < -0.4 is 10.6 Å². The third-order valence-corrected chi connectivity index (χ3v) is 5.60. The summed E-state index contributed by atoms with van der Waals surface area (Å²) in [4.78, 5) is 18.7. The smallest absolute Gasteiger partial charge is 0.357 e. The molecule has 0 radical (unpaired) electrons. The molecule has 1 amide bonds. The molecule has 1 saturated heterocycles. The lowest BCUT2D eigenvalue weighted by Crippen LogP contribution is -2.50. The molecule has 2 rings (SSSR count). The van der Waals surface area contributed by atoms with Gasteiger partial charge in [-0.3, -0.25) is 9.79 Å². The first kappa shape index (κ1) is 28.5. The van der Waals surface area contributed by atoms with Crippen molar-refractivity contribution in [2.45, 2.75) is 65.1 Å². The summed E-state index contributed by atoms with van der Waals surface area (Å²) in [5.41, 5.74) is 0.0582. The van der Waals surface area contributed by atoms with Gasteiger partial charge in [-0.2, -0.15) is 13.2 Å². The molecule has 0 aliphatic carbocycles. The van der Waals surface area contributed by atoms with Gasteiger partial charge in [0.2, 0.25) is 5.91 Å². The van der Waals surface area contributed by atoms with Gasteiger partial charge in [-0.15, -0.1) is 24.0 Å². The molecule has 182 valence electrons. The molecule has 0 bridgehead atoms. The minimum atomic E-state index is -4.33. The van der Waals surface area contributed by atoms with Crippen LogP contribution in [0.5, 0.6) is 0 Å². The number of piperidine rings is 1. The number of amides is 1. The van der Waals surface area contributed by atoms with Crippen LogP contribution in [0, 0.1) is 5.92 Å². The van der Waals surface area contributed by atoms with Gasteiger partial charge in [0.25, 0.3) is 0 Å². The maximum atomic E-state index is 12.9. The van der Waals surface area contributed by atoms with Gasteiger partial charge in [-0.25, -0.2) is 0 Å². The number of nitrogens with zero attached hydrogens (tertiary/aromatic N) is 2. The molecule has 0 spiro atoms. The van der Waals surface area contributed by atoms with Gasteiger partial charge in [0.15, 0.2) is 5.96 Å². The van der Waals surface area contributed by atoms with E-state index in [0.717, 1.165) is 38.5 Å². The van der Waals surface area contributed by atoms with Crippen molar-refractivity contribution in [3.05, 3.63) is 35.4 Å². The Morgan fingerprint density at radius 1 is 1.22 bits per heavy atom. The minimum Gasteiger partial charge on any atom is -0.357 e. The normalized spacial score (nSPS) is 16.5. The number of hydrogen-bond donors (Lipinski definition) is 2. The van der Waals surface area contributed by atoms with E-state index in [1.54, 1.807) is 6.07 Å². The van der Waals surface area contributed by atoms with Crippen LogP contribution in [0.3, 0.4) is 0 Å². The molecule has 1 aliphatic heterocycles. The zero-order valence-electron chi connectivity index (χ0n) is 19.3. The van der Waals surface area contributed by atoms with Gasteiger partial charge in [-0.1, -0.05) is 39.0 Å². The summed E-state index contributed by atoms with van der Waals surface area (Å²) in [5, 5.41) is 6.67. The Morgan fingerprint density at radius 2 is 1.88 bits per heavy atom. The van der Waals surface area contributed by atoms with E-state index < -0.39 is 11.7 Å². The van der Waals surface area contributed by atoms with Gasteiger partial charge < -0.3 is 15.5 Å². The van der Waals surface area contributed by atoms with Gasteiger partial charge in [0.05, 0.1) is 5.56 Å². The van der Waals surface area contributed by atoms with E-state index in [9.17, 15) is 18.0 Å². The summed E-state index contributed by atoms with van der Waals surface area (Å²) in [5.74, 6) is 0.899. The molecule has 1 aliphatic rings. The molecule has 2 N–H and O–H groups in total. The molecule has 1 aromatic rings. The van der Waals surface area contributed by atoms with Crippen LogP contribution in [0.1, 0.15) is 64.0 Å². The van der Waals surface area contributed by atoms with Crippen LogP contribution in [0.2, 0.25) is 0 Å². The quantitative estimate of drug-likeness (QED) is 0.276. The van der Waals surface area contributed by atoms with Crippen molar-refractivity contribution in [2.24, 2.45) is 10.9 Å². The van der Waals surface area contributed by atoms with Crippen LogP contribution in [0.15, 0.2) is 29.3 Å². The van der Waals surface area contributed by atoms with Crippen LogP contribution in [0.25, 0.3) is 0 Å². The summed E-state index contributed by atoms with van der Waals surface area (Å²) in [6.45, 7) is 10.5. The number of alkyl halides is 3. The summed E-state index contributed by atoms with van der Waals surface area (Å²) < 4.78 is 38.8. The van der Waals surface area contributed by atoms with E-state index in [1.807, 2.05) is 32.6 Å². The first-order valence-corrected chi connectivity index (χ1v) is 11.1. The van der Waals surface area contributed by atoms with Crippen LogP contribution in [-0.4, -0.2) is 49.0 Å². The third-order valence-electron chi connectivity index (χ3n) is 5.60. The van der Waals surface area contributed by atoms with Gasteiger partial charge in [0.1, 0.15) is 0 Å². The maximum Gasteiger partial charge on any atom is 0.416 e. The highest BCUT2D eigenvalue weighted by atomic mass is 127. The van der Waals surface area contributed by atoms with E-state index >= 15 is 0 Å². The highest BCUT2D eigenvalue weighted by molar-refractivity contribution is 14.0. The van der Waals surface area contributed by atoms with Crippen molar-refractivity contribution in [3.8, 4) is 0 Å². The van der Waals surface area contributed by atoms with E-state index in [4.69, 9.17) is 0 Å². The van der Waals surface area contributed by atoms with Crippen LogP contribution >= 0.6 is 24.0 Å². The standard InChI is InChI=1S/C23H35F3N4O.HI/c1-5-27-22(29-20-10-13-30(14-11-20)21(31)16(2)3)28-12-9-17(4)18-7-6-8-19(15-18)23(24,25)26;/h6-8,15-17,20H,5,9-14H2,1-4H3,(H2,27,28,29);1H. The van der Waals surface area contributed by atoms with Crippen molar-refractivity contribution in [1.82, 2.24) is 15.5 Å². The molecule has 1 fully saturated rings. The number of nitrogens with one attached hydrogen (secondary N) is 2. The second-order valence-electron chi connectivity index (χ2n) is 8.47. The number of carbonyl (C=O) groups excluding carboxylic acids is 1. The molecular weight excluding hydrogens is 532 g/mol. The fraction of sp³-hybridized carbons (Fsp3) is 0.652. The zero-order chi connectivity index (χ0) is 23.0. The SMILES string of the molecule is CCNC(=NCCC(C)c1cccc(C(F)(F)F)c1)NC1CCN(C(=O)C(C)C)CC1.I. The highest BCUT2D eigenvalue weighted by Gasteiger charge is 2.30. The Balaban J connectivity index is 0.00000512. The Kier molecular flexibility index (Phi) is 11.8. The lowest BCUT2D eigenvalue weighted by molar-refractivity contribution is -0.137. The summed E-state index contributed by atoms with van der Waals surface area (Å²) in [6, 6.07) is 5.76. The Labute approximate surface area is 206 Å². The second kappa shape index (κ2) is 13.3. The Morgan fingerprint density at radius 3 is 2.44 bits per heavy atom. The zero-order valence-corrected chi connectivity index (χ0v) is 21.7. The first-order chi connectivity index (χ1) is 14.6.